The molecule has 0 aromatic heterocycles. The van der Waals surface area contributed by atoms with Crippen molar-refractivity contribution in [3.63, 3.8) is 0 Å². The van der Waals surface area contributed by atoms with Crippen molar-refractivity contribution in [2.75, 3.05) is 0 Å². The van der Waals surface area contributed by atoms with Crippen LogP contribution in [0.3, 0.4) is 0 Å². The number of hydrogen-bond donors (Lipinski definition) is 36. The molecule has 0 spiro atoms. The Hall–Kier alpha value is 0.734. The molecular weight excluding hydrogens is 2020 g/mol. The Labute approximate surface area is 838 Å². The molecule has 4 saturated heterocycles. The van der Waals surface area contributed by atoms with Crippen LogP contribution >= 0.6 is 0 Å². The van der Waals surface area contributed by atoms with Crippen LogP contribution in [-0.4, -0.2) is 478 Å². The number of ether oxygens (including phenoxy) is 8. The first-order valence-electron chi connectivity index (χ1n) is 47.9. The van der Waals surface area contributed by atoms with Gasteiger partial charge in [0.25, 0.3) is 0 Å². The predicted octanol–water partition coefficient (Wildman–Crippen LogP) is -12.2. The topological polar surface area (TPSA) is 802 Å². The summed E-state index contributed by atoms with van der Waals surface area (Å²) in [7, 11) is 0. The maximum atomic E-state index is 10.8. The van der Waals surface area contributed by atoms with Crippen LogP contribution in [-0.2, 0) is 116 Å². The van der Waals surface area contributed by atoms with Crippen LogP contribution < -0.4 is 0 Å². The normalized spacial score (nSPS) is 52.9. The van der Waals surface area contributed by atoms with Gasteiger partial charge in [0.2, 0.25) is 0 Å². The third-order valence-corrected chi connectivity index (χ3v) is 32.5. The van der Waals surface area contributed by atoms with Gasteiger partial charge in [0.15, 0.2) is 25.2 Å². The zero-order valence-electron chi connectivity index (χ0n) is 76.6. The minimum Gasteiger partial charge on any atom is -0.393 e. The molecular formula is C88H152O44Zn4. The molecule has 16 fully saturated rings. The minimum atomic E-state index is -1.38. The van der Waals surface area contributed by atoms with Crippen molar-refractivity contribution in [1.29, 1.82) is 0 Å². The van der Waals surface area contributed by atoms with Crippen LogP contribution in [0.15, 0.2) is 0 Å². The van der Waals surface area contributed by atoms with Crippen LogP contribution in [0.1, 0.15) is 180 Å². The Morgan fingerprint density at radius 3 is 0.434 bits per heavy atom. The summed E-state index contributed by atoms with van der Waals surface area (Å²) in [6.45, 7) is 0. The van der Waals surface area contributed by atoms with E-state index < -0.39 is 341 Å². The molecule has 12 aliphatic carbocycles. The van der Waals surface area contributed by atoms with E-state index in [0.717, 1.165) is 0 Å². The van der Waals surface area contributed by atoms with Crippen LogP contribution in [0.4, 0.5) is 0 Å². The molecule has 136 heavy (non-hydrogen) atoms. The summed E-state index contributed by atoms with van der Waals surface area (Å²) in [5.74, 6) is -5.53. The third-order valence-electron chi connectivity index (χ3n) is 32.5. The van der Waals surface area contributed by atoms with Gasteiger partial charge in [-0.3, -0.25) is 0 Å². The van der Waals surface area contributed by atoms with Crippen molar-refractivity contribution in [3.05, 3.63) is 0 Å². The summed E-state index contributed by atoms with van der Waals surface area (Å²) in [4.78, 5) is 0. The van der Waals surface area contributed by atoms with Gasteiger partial charge in [0.1, 0.15) is 48.8 Å². The first-order chi connectivity index (χ1) is 62.2. The first-order valence-corrected chi connectivity index (χ1v) is 47.9. The fraction of sp³-hybridized carbons (Fsp3) is 1.00. The molecule has 16 rings (SSSR count). The van der Waals surface area contributed by atoms with Crippen LogP contribution in [0, 0.1) is 71.0 Å². The molecule has 36 N–H and O–H groups in total. The fourth-order valence-corrected chi connectivity index (χ4v) is 25.0. The molecule has 0 aromatic rings. The van der Waals surface area contributed by atoms with E-state index in [0.29, 0.717) is 51.4 Å². The van der Waals surface area contributed by atoms with Gasteiger partial charge in [0.05, 0.1) is 220 Å². The molecule has 16 aliphatic rings. The van der Waals surface area contributed by atoms with Gasteiger partial charge < -0.3 is 222 Å². The molecule has 12 saturated carbocycles. The largest absolute Gasteiger partial charge is 0.393 e. The second kappa shape index (κ2) is 52.5. The van der Waals surface area contributed by atoms with Crippen molar-refractivity contribution >= 4 is 0 Å². The van der Waals surface area contributed by atoms with Gasteiger partial charge >= 0.3 is 0 Å². The van der Waals surface area contributed by atoms with E-state index >= 15 is 0 Å². The monoisotopic (exact) mass is 2170 g/mol. The molecule has 17 unspecified atom stereocenters. The number of hydrogen-bond acceptors (Lipinski definition) is 44. The molecule has 56 atom stereocenters. The van der Waals surface area contributed by atoms with Crippen LogP contribution in [0.2, 0.25) is 0 Å². The molecule has 4 heterocycles. The number of fused-ring (bicyclic) bond motifs is 4. The average Bonchev–Trinajstić information content (AvgIpc) is 0.779. The van der Waals surface area contributed by atoms with Gasteiger partial charge in [-0.25, -0.2) is 0 Å². The molecule has 0 bridgehead atoms. The summed E-state index contributed by atoms with van der Waals surface area (Å²) >= 11 is 0. The van der Waals surface area contributed by atoms with E-state index in [9.17, 15) is 184 Å². The van der Waals surface area contributed by atoms with Gasteiger partial charge in [0, 0.05) is 125 Å². The molecule has 0 radical (unpaired) electrons. The van der Waals surface area contributed by atoms with Crippen molar-refractivity contribution in [2.45, 2.75) is 474 Å². The molecule has 48 heteroatoms. The standard InChI is InChI=1S/4C22H38O11.4Zn/c4*23-10-5-12(24)11-7-18(33-22(31)9-3-15(27)20(30)16(28)4-9)21(32-17(11)6-10)8-1-13(25)19(29)14(26)2-8;;;;/h4*8-31H,1-7H2;;;;/t8?,9?,10-,11+,12?,13-,14+,15-,16-,17-,18?,19?,20?,21?,22-;8?,9?,10-,11+,12+,13-,14+,15-,16+,17?,18+,19?,20?,21-,22-;8?,9?,10-,11+,12+,13-,14+,15-,16+,17-,18+,19?,20?,21-,22-;8?,9?,10-,11+,12-,13-,14+,15-,16-,17+,18?,19?,20?,21+,22-;;;;/m1110..../s1. The van der Waals surface area contributed by atoms with Crippen molar-refractivity contribution in [3.8, 4) is 0 Å². The van der Waals surface area contributed by atoms with E-state index in [2.05, 4.69) is 0 Å². The van der Waals surface area contributed by atoms with Gasteiger partial charge in [-0.1, -0.05) is 0 Å². The second-order valence-electron chi connectivity index (χ2n) is 42.0. The quantitative estimate of drug-likeness (QED) is 0.0504. The molecule has 776 valence electrons. The Bertz CT molecular complexity index is 2970. The Morgan fingerprint density at radius 1 is 0.162 bits per heavy atom. The van der Waals surface area contributed by atoms with Crippen molar-refractivity contribution < 1.29 is 300 Å². The summed E-state index contributed by atoms with van der Waals surface area (Å²) in [5.41, 5.74) is 0. The Balaban J connectivity index is 0.000000201. The van der Waals surface area contributed by atoms with E-state index in [-0.39, 0.29) is 230 Å². The molecule has 0 aromatic carbocycles. The predicted molar refractivity (Wildman–Crippen MR) is 442 cm³/mol. The maximum Gasteiger partial charge on any atom is 0.158 e. The Morgan fingerprint density at radius 2 is 0.294 bits per heavy atom. The van der Waals surface area contributed by atoms with Gasteiger partial charge in [-0.15, -0.1) is 0 Å². The summed E-state index contributed by atoms with van der Waals surface area (Å²) in [5, 5.41) is 366. The Kier molecular flexibility index (Phi) is 46.4. The fourth-order valence-electron chi connectivity index (χ4n) is 25.0. The minimum absolute atomic E-state index is 0. The average molecular weight is 2180 g/mol. The second-order valence-corrected chi connectivity index (χ2v) is 42.0. The summed E-state index contributed by atoms with van der Waals surface area (Å²) in [6, 6.07) is 0. The van der Waals surface area contributed by atoms with E-state index in [1.807, 2.05) is 0 Å². The molecule has 0 amide bonds. The van der Waals surface area contributed by atoms with E-state index in [1.165, 1.54) is 0 Å². The summed E-state index contributed by atoms with van der Waals surface area (Å²) in [6.07, 6.45) is -43.4. The smallest absolute Gasteiger partial charge is 0.158 e. The number of rotatable bonds is 16. The van der Waals surface area contributed by atoms with Crippen LogP contribution in [0.25, 0.3) is 0 Å². The first kappa shape index (κ1) is 120. The SMILES string of the molecule is OC1[C@H](O)CC([C@H](O)OC2C[C@H]3C(O)C[C@@H](O)C[C@H]3OC2C2C[C@@H](O)C(O)[C@@H](O)C2)C[C@H]1O.OC1[C@H](O)CC([C@H](O)O[C@H]2C[C@@H]3C(C[C@H](O)C[C@@H]3O)O[C@@H]2C2C[C@@H](O)C(O)[C@@H](O)C2)C[C@@H]1O.OC1[C@H](O)CC([C@H](O)O[C@H]2C[C@H]3[C@@H](O)C[C@@H](O)C[C@H]3O[C@@H]2C2C[C@@H](O)C(O)[C@@H](O)C2)C[C@@H]1O.OC1[C@H](O)CC([C@H]2O[C@@H]3C[C@@H](O)C[C@H](O)[C@H]3CC2O[C@H](O)C2C[C@H](O)C(O)[C@@H](O)C2)C[C@@H]1O.[Zn].[Zn].[Zn].[Zn]. The maximum absolute atomic E-state index is 10.8. The third kappa shape index (κ3) is 28.9. The van der Waals surface area contributed by atoms with Crippen LogP contribution in [0.5, 0.6) is 0 Å². The zero-order chi connectivity index (χ0) is 96.1. The van der Waals surface area contributed by atoms with Gasteiger partial charge in [-0.2, -0.15) is 0 Å². The van der Waals surface area contributed by atoms with Crippen molar-refractivity contribution in [1.82, 2.24) is 0 Å². The number of aliphatic hydroxyl groups is 36. The number of aliphatic hydroxyl groups excluding tert-OH is 36. The summed E-state index contributed by atoms with van der Waals surface area (Å²) < 4.78 is 49.0. The molecule has 44 nitrogen and oxygen atoms in total. The van der Waals surface area contributed by atoms with Gasteiger partial charge in [-0.05, 0) is 203 Å². The zero-order valence-corrected chi connectivity index (χ0v) is 88.5. The van der Waals surface area contributed by atoms with E-state index in [4.69, 9.17) is 37.9 Å². The van der Waals surface area contributed by atoms with E-state index in [1.54, 1.807) is 0 Å². The van der Waals surface area contributed by atoms with Crippen molar-refractivity contribution in [2.24, 2.45) is 71.0 Å². The molecule has 4 aliphatic heterocycles.